The molecule has 29 heavy (non-hydrogen) atoms. The molecule has 0 saturated carbocycles. The number of nitrogens with zero attached hydrogens (tertiary/aromatic N) is 2. The summed E-state index contributed by atoms with van der Waals surface area (Å²) in [5.41, 5.74) is 2.33. The Kier molecular flexibility index (Phi) is 6.87. The van der Waals surface area contributed by atoms with Crippen molar-refractivity contribution < 1.29 is 17.6 Å². The molecule has 8 heteroatoms. The lowest BCUT2D eigenvalue weighted by atomic mass is 10.2. The minimum Gasteiger partial charge on any atom is -0.372 e. The molecule has 1 fully saturated rings. The Balaban J connectivity index is 1.56. The van der Waals surface area contributed by atoms with Gasteiger partial charge in [-0.1, -0.05) is 30.3 Å². The van der Waals surface area contributed by atoms with Crippen LogP contribution in [-0.4, -0.2) is 44.5 Å². The van der Waals surface area contributed by atoms with Gasteiger partial charge < -0.3 is 10.2 Å². The summed E-state index contributed by atoms with van der Waals surface area (Å²) in [5.74, 6) is -0.935. The molecule has 0 bridgehead atoms. The Morgan fingerprint density at radius 2 is 1.76 bits per heavy atom. The van der Waals surface area contributed by atoms with Gasteiger partial charge in [-0.05, 0) is 36.6 Å². The summed E-state index contributed by atoms with van der Waals surface area (Å²) in [7, 11) is -3.67. The summed E-state index contributed by atoms with van der Waals surface area (Å²) in [4.78, 5) is 14.6. The normalized spacial score (nSPS) is 14.4. The molecule has 1 aliphatic heterocycles. The largest absolute Gasteiger partial charge is 0.372 e. The molecule has 0 aliphatic carbocycles. The summed E-state index contributed by atoms with van der Waals surface area (Å²) in [5, 5.41) is 2.74. The Labute approximate surface area is 171 Å². The zero-order valence-electron chi connectivity index (χ0n) is 16.5. The van der Waals surface area contributed by atoms with Crippen molar-refractivity contribution in [1.82, 2.24) is 9.62 Å². The first-order chi connectivity index (χ1) is 13.8. The first-order valence-electron chi connectivity index (χ1n) is 9.62. The average Bonchev–Trinajstić information content (AvgIpc) is 3.22. The molecule has 1 N–H and O–H groups in total. The first-order valence-corrected chi connectivity index (χ1v) is 11.5. The molecular weight excluding hydrogens is 393 g/mol. The molecule has 0 atom stereocenters. The molecule has 1 heterocycles. The number of carbonyl (C=O) groups is 1. The standard InChI is InChI=1S/C21H26FN3O3S/c1-29(27,28)25(15-18-6-2-3-7-20(18)22)16-21(26)23-14-17-8-10-19(11-9-17)24-12-4-5-13-24/h2-3,6-11H,4-5,12-16H2,1H3,(H,23,26). The number of benzene rings is 2. The molecule has 156 valence electrons. The smallest absolute Gasteiger partial charge is 0.235 e. The van der Waals surface area contributed by atoms with Crippen LogP contribution in [0.5, 0.6) is 0 Å². The van der Waals surface area contributed by atoms with Crippen LogP contribution in [0.1, 0.15) is 24.0 Å². The van der Waals surface area contributed by atoms with Crippen LogP contribution in [-0.2, 0) is 27.9 Å². The molecule has 1 saturated heterocycles. The fraction of sp³-hybridized carbons (Fsp3) is 0.381. The molecular formula is C21H26FN3O3S. The number of nitrogens with one attached hydrogen (secondary N) is 1. The van der Waals surface area contributed by atoms with Gasteiger partial charge in [0.1, 0.15) is 5.82 Å². The maximum Gasteiger partial charge on any atom is 0.235 e. The fourth-order valence-electron chi connectivity index (χ4n) is 3.32. The molecule has 1 amide bonds. The van der Waals surface area contributed by atoms with Crippen molar-refractivity contribution >= 4 is 21.6 Å². The zero-order valence-corrected chi connectivity index (χ0v) is 17.3. The molecule has 1 aliphatic rings. The van der Waals surface area contributed by atoms with Crippen molar-refractivity contribution in [2.24, 2.45) is 0 Å². The molecule has 0 aromatic heterocycles. The van der Waals surface area contributed by atoms with Gasteiger partial charge in [0, 0.05) is 37.4 Å². The van der Waals surface area contributed by atoms with E-state index in [1.54, 1.807) is 6.07 Å². The van der Waals surface area contributed by atoms with Crippen LogP contribution in [0.2, 0.25) is 0 Å². The summed E-state index contributed by atoms with van der Waals surface area (Å²) >= 11 is 0. The van der Waals surface area contributed by atoms with Gasteiger partial charge in [0.25, 0.3) is 0 Å². The van der Waals surface area contributed by atoms with E-state index in [1.165, 1.54) is 36.7 Å². The van der Waals surface area contributed by atoms with E-state index in [4.69, 9.17) is 0 Å². The average molecular weight is 420 g/mol. The van der Waals surface area contributed by atoms with Crippen LogP contribution in [0.15, 0.2) is 48.5 Å². The lowest BCUT2D eigenvalue weighted by molar-refractivity contribution is -0.121. The zero-order chi connectivity index (χ0) is 20.9. The first kappa shape index (κ1) is 21.3. The molecule has 2 aromatic rings. The summed E-state index contributed by atoms with van der Waals surface area (Å²) in [6.07, 6.45) is 3.43. The Bertz CT molecular complexity index is 942. The lowest BCUT2D eigenvalue weighted by Crippen LogP contribution is -2.39. The van der Waals surface area contributed by atoms with Crippen LogP contribution in [0.25, 0.3) is 0 Å². The van der Waals surface area contributed by atoms with Crippen molar-refractivity contribution in [3.05, 3.63) is 65.5 Å². The number of hydrogen-bond acceptors (Lipinski definition) is 4. The van der Waals surface area contributed by atoms with E-state index < -0.39 is 21.7 Å². The van der Waals surface area contributed by atoms with Gasteiger partial charge >= 0.3 is 0 Å². The SMILES string of the molecule is CS(=O)(=O)N(CC(=O)NCc1ccc(N2CCCC2)cc1)Cc1ccccc1F. The van der Waals surface area contributed by atoms with Crippen molar-refractivity contribution in [2.75, 3.05) is 30.8 Å². The van der Waals surface area contributed by atoms with Gasteiger partial charge in [-0.2, -0.15) is 4.31 Å². The highest BCUT2D eigenvalue weighted by Gasteiger charge is 2.21. The van der Waals surface area contributed by atoms with E-state index in [-0.39, 0.29) is 18.7 Å². The number of sulfonamides is 1. The van der Waals surface area contributed by atoms with E-state index in [0.717, 1.165) is 29.2 Å². The second kappa shape index (κ2) is 9.37. The third-order valence-corrected chi connectivity index (χ3v) is 6.19. The predicted octanol–water partition coefficient (Wildman–Crippen LogP) is 2.50. The van der Waals surface area contributed by atoms with Crippen molar-refractivity contribution in [3.8, 4) is 0 Å². The van der Waals surface area contributed by atoms with Gasteiger partial charge in [-0.25, -0.2) is 12.8 Å². The highest BCUT2D eigenvalue weighted by Crippen LogP contribution is 2.20. The molecule has 2 aromatic carbocycles. The number of halogens is 1. The maximum absolute atomic E-state index is 13.9. The third kappa shape index (κ3) is 6.01. The van der Waals surface area contributed by atoms with Crippen LogP contribution in [0.3, 0.4) is 0 Å². The van der Waals surface area contributed by atoms with E-state index >= 15 is 0 Å². The van der Waals surface area contributed by atoms with Gasteiger partial charge in [-0.15, -0.1) is 0 Å². The minimum atomic E-state index is -3.67. The molecule has 6 nitrogen and oxygen atoms in total. The maximum atomic E-state index is 13.9. The highest BCUT2D eigenvalue weighted by molar-refractivity contribution is 7.88. The molecule has 0 spiro atoms. The molecule has 0 radical (unpaired) electrons. The van der Waals surface area contributed by atoms with Gasteiger partial charge in [0.2, 0.25) is 15.9 Å². The molecule has 0 unspecified atom stereocenters. The number of rotatable bonds is 8. The van der Waals surface area contributed by atoms with E-state index in [9.17, 15) is 17.6 Å². The van der Waals surface area contributed by atoms with Crippen LogP contribution < -0.4 is 10.2 Å². The van der Waals surface area contributed by atoms with Gasteiger partial charge in [0.15, 0.2) is 0 Å². The van der Waals surface area contributed by atoms with Crippen molar-refractivity contribution in [1.29, 1.82) is 0 Å². The number of hydrogen-bond donors (Lipinski definition) is 1. The topological polar surface area (TPSA) is 69.7 Å². The lowest BCUT2D eigenvalue weighted by Gasteiger charge is -2.20. The van der Waals surface area contributed by atoms with E-state index in [0.29, 0.717) is 6.54 Å². The Morgan fingerprint density at radius 3 is 2.38 bits per heavy atom. The minimum absolute atomic E-state index is 0.191. The summed E-state index contributed by atoms with van der Waals surface area (Å²) in [6, 6.07) is 13.9. The van der Waals surface area contributed by atoms with Crippen LogP contribution >= 0.6 is 0 Å². The summed E-state index contributed by atoms with van der Waals surface area (Å²) < 4.78 is 38.9. The fourth-order valence-corrected chi connectivity index (χ4v) is 4.05. The Hall–Kier alpha value is -2.45. The van der Waals surface area contributed by atoms with Crippen molar-refractivity contribution in [3.63, 3.8) is 0 Å². The highest BCUT2D eigenvalue weighted by atomic mass is 32.2. The van der Waals surface area contributed by atoms with Crippen molar-refractivity contribution in [2.45, 2.75) is 25.9 Å². The second-order valence-electron chi connectivity index (χ2n) is 7.26. The van der Waals surface area contributed by atoms with Crippen LogP contribution in [0.4, 0.5) is 10.1 Å². The van der Waals surface area contributed by atoms with Crippen LogP contribution in [0, 0.1) is 5.82 Å². The number of carbonyl (C=O) groups excluding carboxylic acids is 1. The molecule has 3 rings (SSSR count). The third-order valence-electron chi connectivity index (χ3n) is 4.99. The van der Waals surface area contributed by atoms with E-state index in [2.05, 4.69) is 10.2 Å². The Morgan fingerprint density at radius 1 is 1.10 bits per heavy atom. The van der Waals surface area contributed by atoms with Gasteiger partial charge in [0.05, 0.1) is 12.8 Å². The quantitative estimate of drug-likeness (QED) is 0.714. The predicted molar refractivity (Wildman–Crippen MR) is 111 cm³/mol. The second-order valence-corrected chi connectivity index (χ2v) is 9.24. The number of anilines is 1. The summed E-state index contributed by atoms with van der Waals surface area (Å²) in [6.45, 7) is 1.89. The van der Waals surface area contributed by atoms with Gasteiger partial charge in [-0.3, -0.25) is 4.79 Å². The number of amides is 1. The monoisotopic (exact) mass is 419 g/mol. The van der Waals surface area contributed by atoms with E-state index in [1.807, 2.05) is 24.3 Å².